The number of rotatable bonds is 3. The van der Waals surface area contributed by atoms with Crippen LogP contribution in [0.5, 0.6) is 57.5 Å². The Labute approximate surface area is 237 Å². The third-order valence-corrected chi connectivity index (χ3v) is 7.67. The van der Waals surface area contributed by atoms with Crippen LogP contribution in [-0.4, -0.2) is 63.3 Å². The summed E-state index contributed by atoms with van der Waals surface area (Å²) in [5.74, 6) is -5.08. The SMILES string of the molecule is Oc1cc(O)c2c(c1)O[C@@H](c1ccc(O)c(O)c1)[C@@H](O)[C@@H]2c1c(O)cc(O)c2c1O[C@H](c1ccc(O)c(O)c1)[C@@H](O)C2. The fourth-order valence-electron chi connectivity index (χ4n) is 5.71. The van der Waals surface area contributed by atoms with Crippen molar-refractivity contribution in [3.8, 4) is 57.5 Å². The molecule has 0 saturated carbocycles. The highest BCUT2D eigenvalue weighted by Crippen LogP contribution is 2.57. The van der Waals surface area contributed by atoms with Gasteiger partial charge in [-0.05, 0) is 35.4 Å². The van der Waals surface area contributed by atoms with Crippen LogP contribution >= 0.6 is 0 Å². The van der Waals surface area contributed by atoms with Crippen molar-refractivity contribution in [2.75, 3.05) is 0 Å². The van der Waals surface area contributed by atoms with Gasteiger partial charge in [0.25, 0.3) is 0 Å². The molecular formula is C30H26O12. The molecule has 10 N–H and O–H groups in total. The predicted octanol–water partition coefficient (Wildman–Crippen LogP) is 3.00. The molecule has 218 valence electrons. The van der Waals surface area contributed by atoms with Gasteiger partial charge in [-0.1, -0.05) is 12.1 Å². The molecular weight excluding hydrogens is 552 g/mol. The lowest BCUT2D eigenvalue weighted by atomic mass is 9.77. The molecule has 0 amide bonds. The van der Waals surface area contributed by atoms with Crippen molar-refractivity contribution in [1.29, 1.82) is 0 Å². The van der Waals surface area contributed by atoms with Gasteiger partial charge in [0.05, 0.1) is 12.0 Å². The van der Waals surface area contributed by atoms with Gasteiger partial charge in [-0.2, -0.15) is 0 Å². The smallest absolute Gasteiger partial charge is 0.157 e. The monoisotopic (exact) mass is 578 g/mol. The van der Waals surface area contributed by atoms with Crippen LogP contribution in [0.2, 0.25) is 0 Å². The Hall–Kier alpha value is -5.20. The third-order valence-electron chi connectivity index (χ3n) is 7.67. The average molecular weight is 579 g/mol. The molecule has 42 heavy (non-hydrogen) atoms. The number of ether oxygens (including phenoxy) is 2. The molecule has 0 aromatic heterocycles. The van der Waals surface area contributed by atoms with Gasteiger partial charge in [-0.3, -0.25) is 0 Å². The minimum Gasteiger partial charge on any atom is -0.508 e. The third kappa shape index (κ3) is 4.24. The van der Waals surface area contributed by atoms with Crippen molar-refractivity contribution in [3.05, 3.63) is 82.4 Å². The summed E-state index contributed by atoms with van der Waals surface area (Å²) < 4.78 is 12.1. The van der Waals surface area contributed by atoms with Crippen LogP contribution in [0.25, 0.3) is 0 Å². The molecule has 0 spiro atoms. The van der Waals surface area contributed by atoms with Crippen molar-refractivity contribution >= 4 is 0 Å². The van der Waals surface area contributed by atoms with E-state index >= 15 is 0 Å². The molecule has 2 aliphatic heterocycles. The molecule has 6 rings (SSSR count). The maximum atomic E-state index is 11.8. The van der Waals surface area contributed by atoms with Crippen LogP contribution in [0.1, 0.15) is 45.9 Å². The maximum absolute atomic E-state index is 11.8. The topological polar surface area (TPSA) is 221 Å². The van der Waals surface area contributed by atoms with E-state index in [-0.39, 0.29) is 51.5 Å². The molecule has 4 aromatic rings. The van der Waals surface area contributed by atoms with Crippen molar-refractivity contribution in [3.63, 3.8) is 0 Å². The lowest BCUT2D eigenvalue weighted by molar-refractivity contribution is 0.00115. The Balaban J connectivity index is 1.55. The average Bonchev–Trinajstić information content (AvgIpc) is 2.93. The lowest BCUT2D eigenvalue weighted by Crippen LogP contribution is -2.36. The van der Waals surface area contributed by atoms with E-state index in [1.54, 1.807) is 0 Å². The summed E-state index contributed by atoms with van der Waals surface area (Å²) in [6.07, 6.45) is -5.43. The van der Waals surface area contributed by atoms with Crippen molar-refractivity contribution < 1.29 is 60.5 Å². The fourth-order valence-corrected chi connectivity index (χ4v) is 5.71. The van der Waals surface area contributed by atoms with Gasteiger partial charge in [-0.25, -0.2) is 0 Å². The summed E-state index contributed by atoms with van der Waals surface area (Å²) in [7, 11) is 0. The Morgan fingerprint density at radius 3 is 1.76 bits per heavy atom. The highest BCUT2D eigenvalue weighted by molar-refractivity contribution is 5.65. The van der Waals surface area contributed by atoms with Crippen LogP contribution in [0.4, 0.5) is 0 Å². The van der Waals surface area contributed by atoms with Gasteiger partial charge < -0.3 is 60.5 Å². The first-order valence-corrected chi connectivity index (χ1v) is 12.8. The summed E-state index contributed by atoms with van der Waals surface area (Å²) >= 11 is 0. The number of hydrogen-bond acceptors (Lipinski definition) is 12. The number of fused-ring (bicyclic) bond motifs is 2. The summed E-state index contributed by atoms with van der Waals surface area (Å²) in [6, 6.07) is 10.8. The zero-order chi connectivity index (χ0) is 30.0. The molecule has 0 fully saturated rings. The van der Waals surface area contributed by atoms with Gasteiger partial charge in [0.2, 0.25) is 0 Å². The van der Waals surface area contributed by atoms with E-state index in [4.69, 9.17) is 9.47 Å². The van der Waals surface area contributed by atoms with E-state index in [1.807, 2.05) is 0 Å². The number of aliphatic hydroxyl groups is 2. The highest BCUT2D eigenvalue weighted by Gasteiger charge is 2.46. The number of aliphatic hydroxyl groups excluding tert-OH is 2. The first-order valence-electron chi connectivity index (χ1n) is 12.8. The standard InChI is InChI=1S/C30H26O12/c31-13-7-20(37)24-23(8-13)41-29(12-2-4-16(33)19(36)6-12)27(40)26(24)25-21(38)10-17(34)14-9-22(39)28(42-30(14)25)11-1-3-15(32)18(35)5-11/h1-8,10,22,26-29,31-40H,9H2/t22-,26-,27-,28+,29-/m0/s1. The normalized spacial score (nSPS) is 22.9. The van der Waals surface area contributed by atoms with Crippen molar-refractivity contribution in [2.24, 2.45) is 0 Å². The molecule has 4 aromatic carbocycles. The fraction of sp³-hybridized carbons (Fsp3) is 0.200. The van der Waals surface area contributed by atoms with E-state index in [9.17, 15) is 51.1 Å². The van der Waals surface area contributed by atoms with Crippen molar-refractivity contribution in [2.45, 2.75) is 36.8 Å². The second-order valence-electron chi connectivity index (χ2n) is 10.3. The van der Waals surface area contributed by atoms with Gasteiger partial charge in [0.1, 0.15) is 46.7 Å². The Morgan fingerprint density at radius 1 is 0.548 bits per heavy atom. The van der Waals surface area contributed by atoms with Crippen LogP contribution in [0.15, 0.2) is 54.6 Å². The lowest BCUT2D eigenvalue weighted by Gasteiger charge is -2.40. The second-order valence-corrected chi connectivity index (χ2v) is 10.3. The minimum absolute atomic E-state index is 0.0312. The van der Waals surface area contributed by atoms with Crippen LogP contribution in [-0.2, 0) is 6.42 Å². The van der Waals surface area contributed by atoms with E-state index in [2.05, 4.69) is 0 Å². The Bertz CT molecular complexity index is 1720. The van der Waals surface area contributed by atoms with Crippen LogP contribution in [0, 0.1) is 0 Å². The molecule has 0 unspecified atom stereocenters. The Kier molecular flexibility index (Phi) is 6.24. The zero-order valence-corrected chi connectivity index (χ0v) is 21.6. The summed E-state index contributed by atoms with van der Waals surface area (Å²) in [5, 5.41) is 105. The maximum Gasteiger partial charge on any atom is 0.157 e. The second kappa shape index (κ2) is 9.72. The number of phenols is 8. The molecule has 0 saturated heterocycles. The molecule has 0 radical (unpaired) electrons. The highest BCUT2D eigenvalue weighted by atomic mass is 16.5. The van der Waals surface area contributed by atoms with Crippen LogP contribution in [0.3, 0.4) is 0 Å². The van der Waals surface area contributed by atoms with Gasteiger partial charge in [0, 0.05) is 41.3 Å². The minimum atomic E-state index is -1.59. The summed E-state index contributed by atoms with van der Waals surface area (Å²) in [4.78, 5) is 0. The van der Waals surface area contributed by atoms with Crippen LogP contribution < -0.4 is 9.47 Å². The molecule has 12 nitrogen and oxygen atoms in total. The number of hydrogen-bond donors (Lipinski definition) is 10. The molecule has 0 bridgehead atoms. The van der Waals surface area contributed by atoms with E-state index in [0.717, 1.165) is 12.1 Å². The molecule has 5 atom stereocenters. The van der Waals surface area contributed by atoms with Gasteiger partial charge in [0.15, 0.2) is 29.1 Å². The summed E-state index contributed by atoms with van der Waals surface area (Å²) in [6.45, 7) is 0. The number of aromatic hydroxyl groups is 8. The quantitative estimate of drug-likeness (QED) is 0.159. The van der Waals surface area contributed by atoms with E-state index in [0.29, 0.717) is 0 Å². The zero-order valence-electron chi connectivity index (χ0n) is 21.6. The molecule has 2 heterocycles. The van der Waals surface area contributed by atoms with Gasteiger partial charge >= 0.3 is 0 Å². The Morgan fingerprint density at radius 2 is 1.14 bits per heavy atom. The number of phenolic OH excluding ortho intramolecular Hbond substituents is 8. The molecule has 2 aliphatic rings. The summed E-state index contributed by atoms with van der Waals surface area (Å²) in [5.41, 5.74) is 0.435. The predicted molar refractivity (Wildman–Crippen MR) is 143 cm³/mol. The van der Waals surface area contributed by atoms with Gasteiger partial charge in [-0.15, -0.1) is 0 Å². The van der Waals surface area contributed by atoms with E-state index < -0.39 is 70.6 Å². The first kappa shape index (κ1) is 27.0. The first-order chi connectivity index (χ1) is 19.9. The van der Waals surface area contributed by atoms with E-state index in [1.165, 1.54) is 42.5 Å². The number of benzene rings is 4. The largest absolute Gasteiger partial charge is 0.508 e. The molecule has 0 aliphatic carbocycles. The van der Waals surface area contributed by atoms with Crippen molar-refractivity contribution in [1.82, 2.24) is 0 Å². The molecule has 12 heteroatoms.